The molecule has 0 atom stereocenters. The number of hydrogen-bond donors (Lipinski definition) is 2. The van der Waals surface area contributed by atoms with Crippen LogP contribution >= 0.6 is 15.9 Å². The number of aliphatic hydroxyl groups is 1. The number of rotatable bonds is 2. The smallest absolute Gasteiger partial charge is 0.337 e. The molecular formula is C9H10BrNO3. The van der Waals surface area contributed by atoms with Gasteiger partial charge in [0.25, 0.3) is 0 Å². The van der Waals surface area contributed by atoms with E-state index in [1.54, 1.807) is 6.07 Å². The fourth-order valence-corrected chi connectivity index (χ4v) is 1.54. The van der Waals surface area contributed by atoms with Crippen LogP contribution in [0.15, 0.2) is 16.6 Å². The maximum Gasteiger partial charge on any atom is 0.337 e. The van der Waals surface area contributed by atoms with Gasteiger partial charge in [-0.1, -0.05) is 0 Å². The molecule has 0 fully saturated rings. The highest BCUT2D eigenvalue weighted by molar-refractivity contribution is 9.10. The van der Waals surface area contributed by atoms with Gasteiger partial charge in [-0.05, 0) is 28.1 Å². The summed E-state index contributed by atoms with van der Waals surface area (Å²) in [5.74, 6) is -0.458. The number of nitrogens with two attached hydrogens (primary N) is 1. The fraction of sp³-hybridized carbons (Fsp3) is 0.222. The second kappa shape index (κ2) is 4.43. The summed E-state index contributed by atoms with van der Waals surface area (Å²) < 4.78 is 5.12. The first kappa shape index (κ1) is 11.0. The molecule has 14 heavy (non-hydrogen) atoms. The lowest BCUT2D eigenvalue weighted by atomic mass is 10.1. The molecule has 0 bridgehead atoms. The van der Waals surface area contributed by atoms with Gasteiger partial charge in [0.05, 0.1) is 25.0 Å². The molecule has 0 saturated heterocycles. The van der Waals surface area contributed by atoms with Crippen molar-refractivity contribution in [3.8, 4) is 0 Å². The Kier molecular flexibility index (Phi) is 3.49. The van der Waals surface area contributed by atoms with Gasteiger partial charge < -0.3 is 15.6 Å². The second-order valence-corrected chi connectivity index (χ2v) is 3.53. The van der Waals surface area contributed by atoms with E-state index in [-0.39, 0.29) is 6.61 Å². The number of ether oxygens (including phenoxy) is 1. The molecule has 0 radical (unpaired) electrons. The minimum Gasteiger partial charge on any atom is -0.465 e. The van der Waals surface area contributed by atoms with E-state index in [0.717, 1.165) is 0 Å². The minimum atomic E-state index is -0.458. The van der Waals surface area contributed by atoms with Gasteiger partial charge in [-0.2, -0.15) is 0 Å². The summed E-state index contributed by atoms with van der Waals surface area (Å²) in [6.07, 6.45) is 0. The Labute approximate surface area is 89.8 Å². The van der Waals surface area contributed by atoms with Crippen LogP contribution in [0.1, 0.15) is 15.9 Å². The lowest BCUT2D eigenvalue weighted by Gasteiger charge is -2.07. The monoisotopic (exact) mass is 259 g/mol. The van der Waals surface area contributed by atoms with Crippen LogP contribution in [-0.4, -0.2) is 18.2 Å². The maximum atomic E-state index is 11.2. The van der Waals surface area contributed by atoms with Gasteiger partial charge in [-0.25, -0.2) is 4.79 Å². The zero-order valence-electron chi connectivity index (χ0n) is 7.58. The largest absolute Gasteiger partial charge is 0.465 e. The number of anilines is 1. The SMILES string of the molecule is COC(=O)c1cc(Br)c(N)c(CO)c1. The van der Waals surface area contributed by atoms with Gasteiger partial charge >= 0.3 is 5.97 Å². The van der Waals surface area contributed by atoms with Crippen LogP contribution in [0.3, 0.4) is 0 Å². The highest BCUT2D eigenvalue weighted by Gasteiger charge is 2.11. The molecule has 5 heteroatoms. The van der Waals surface area contributed by atoms with Crippen LogP contribution in [-0.2, 0) is 11.3 Å². The average Bonchev–Trinajstić information content (AvgIpc) is 2.20. The molecule has 3 N–H and O–H groups in total. The van der Waals surface area contributed by atoms with Crippen LogP contribution in [0.4, 0.5) is 5.69 Å². The van der Waals surface area contributed by atoms with Crippen molar-refractivity contribution >= 4 is 27.6 Å². The third kappa shape index (κ3) is 2.05. The number of benzene rings is 1. The molecule has 4 nitrogen and oxygen atoms in total. The van der Waals surface area contributed by atoms with Crippen molar-refractivity contribution in [1.29, 1.82) is 0 Å². The lowest BCUT2D eigenvalue weighted by molar-refractivity contribution is 0.0600. The predicted molar refractivity (Wildman–Crippen MR) is 55.8 cm³/mol. The van der Waals surface area contributed by atoms with Crippen LogP contribution in [0.25, 0.3) is 0 Å². The number of nitrogen functional groups attached to an aromatic ring is 1. The molecule has 0 unspecified atom stereocenters. The quantitative estimate of drug-likeness (QED) is 0.621. The molecule has 0 aromatic heterocycles. The lowest BCUT2D eigenvalue weighted by Crippen LogP contribution is -2.04. The average molecular weight is 260 g/mol. The topological polar surface area (TPSA) is 72.5 Å². The van der Waals surface area contributed by atoms with Gasteiger partial charge in [0.2, 0.25) is 0 Å². The first-order chi connectivity index (χ1) is 6.60. The Hall–Kier alpha value is -1.07. The first-order valence-corrected chi connectivity index (χ1v) is 4.66. The van der Waals surface area contributed by atoms with Gasteiger partial charge in [0, 0.05) is 10.0 Å². The van der Waals surface area contributed by atoms with E-state index in [9.17, 15) is 4.79 Å². The highest BCUT2D eigenvalue weighted by Crippen LogP contribution is 2.25. The minimum absolute atomic E-state index is 0.213. The zero-order chi connectivity index (χ0) is 10.7. The van der Waals surface area contributed by atoms with Gasteiger partial charge in [0.1, 0.15) is 0 Å². The third-order valence-corrected chi connectivity index (χ3v) is 2.46. The van der Waals surface area contributed by atoms with E-state index in [2.05, 4.69) is 20.7 Å². The van der Waals surface area contributed by atoms with Crippen LogP contribution < -0.4 is 5.73 Å². The molecule has 0 aliphatic heterocycles. The Morgan fingerprint density at radius 2 is 2.29 bits per heavy atom. The highest BCUT2D eigenvalue weighted by atomic mass is 79.9. The van der Waals surface area contributed by atoms with Gasteiger partial charge in [-0.3, -0.25) is 0 Å². The molecule has 1 aromatic rings. The Bertz CT molecular complexity index is 365. The number of hydrogen-bond acceptors (Lipinski definition) is 4. The van der Waals surface area contributed by atoms with Crippen LogP contribution in [0.2, 0.25) is 0 Å². The summed E-state index contributed by atoms with van der Waals surface area (Å²) in [7, 11) is 1.30. The third-order valence-electron chi connectivity index (χ3n) is 1.81. The molecule has 1 rings (SSSR count). The van der Waals surface area contributed by atoms with E-state index >= 15 is 0 Å². The number of halogens is 1. The standard InChI is InChI=1S/C9H10BrNO3/c1-14-9(13)5-2-6(4-12)8(11)7(10)3-5/h2-3,12H,4,11H2,1H3. The van der Waals surface area contributed by atoms with Crippen molar-refractivity contribution in [1.82, 2.24) is 0 Å². The molecule has 1 aromatic carbocycles. The summed E-state index contributed by atoms with van der Waals surface area (Å²) in [5, 5.41) is 8.97. The van der Waals surface area contributed by atoms with Crippen molar-refractivity contribution in [2.24, 2.45) is 0 Å². The Morgan fingerprint density at radius 1 is 1.64 bits per heavy atom. The summed E-state index contributed by atoms with van der Waals surface area (Å²) in [4.78, 5) is 11.2. The normalized spacial score (nSPS) is 9.93. The molecule has 0 saturated carbocycles. The van der Waals surface area contributed by atoms with E-state index < -0.39 is 5.97 Å². The number of carbonyl (C=O) groups is 1. The summed E-state index contributed by atoms with van der Waals surface area (Å²) >= 11 is 3.19. The van der Waals surface area contributed by atoms with Crippen LogP contribution in [0.5, 0.6) is 0 Å². The maximum absolute atomic E-state index is 11.2. The number of methoxy groups -OCH3 is 1. The van der Waals surface area contributed by atoms with E-state index in [4.69, 9.17) is 10.8 Å². The molecule has 0 aliphatic carbocycles. The van der Waals surface area contributed by atoms with Gasteiger partial charge in [0.15, 0.2) is 0 Å². The Morgan fingerprint density at radius 3 is 2.79 bits per heavy atom. The number of carbonyl (C=O) groups excluding carboxylic acids is 1. The molecular weight excluding hydrogens is 250 g/mol. The summed E-state index contributed by atoms with van der Waals surface area (Å²) in [5.41, 5.74) is 6.93. The van der Waals surface area contributed by atoms with Crippen molar-refractivity contribution in [3.63, 3.8) is 0 Å². The van der Waals surface area contributed by atoms with Crippen molar-refractivity contribution in [2.75, 3.05) is 12.8 Å². The van der Waals surface area contributed by atoms with Crippen LogP contribution in [0, 0.1) is 0 Å². The number of aliphatic hydroxyl groups excluding tert-OH is 1. The van der Waals surface area contributed by atoms with Crippen molar-refractivity contribution in [2.45, 2.75) is 6.61 Å². The number of esters is 1. The molecule has 0 aliphatic rings. The summed E-state index contributed by atoms with van der Waals surface area (Å²) in [6.45, 7) is -0.213. The zero-order valence-corrected chi connectivity index (χ0v) is 9.17. The van der Waals surface area contributed by atoms with E-state index in [1.807, 2.05) is 0 Å². The van der Waals surface area contributed by atoms with Crippen molar-refractivity contribution < 1.29 is 14.6 Å². The predicted octanol–water partition coefficient (Wildman–Crippen LogP) is 1.31. The summed E-state index contributed by atoms with van der Waals surface area (Å²) in [6, 6.07) is 3.06. The molecule has 0 amide bonds. The molecule has 0 heterocycles. The van der Waals surface area contributed by atoms with Gasteiger partial charge in [-0.15, -0.1) is 0 Å². The molecule has 76 valence electrons. The van der Waals surface area contributed by atoms with E-state index in [1.165, 1.54) is 13.2 Å². The van der Waals surface area contributed by atoms with E-state index in [0.29, 0.717) is 21.3 Å². The Balaban J connectivity index is 3.22. The second-order valence-electron chi connectivity index (χ2n) is 2.68. The fourth-order valence-electron chi connectivity index (χ4n) is 1.04. The molecule has 0 spiro atoms. The first-order valence-electron chi connectivity index (χ1n) is 3.87. The van der Waals surface area contributed by atoms with Crippen molar-refractivity contribution in [3.05, 3.63) is 27.7 Å².